The lowest BCUT2D eigenvalue weighted by Crippen LogP contribution is -2.34. The maximum absolute atomic E-state index is 10.2. The van der Waals surface area contributed by atoms with Crippen LogP contribution in [0.4, 0.5) is 0 Å². The number of rotatable bonds is 11. The number of methoxy groups -OCH3 is 2. The molecule has 0 radical (unpaired) electrons. The van der Waals surface area contributed by atoms with Crippen molar-refractivity contribution in [2.24, 2.45) is 5.92 Å². The molecule has 23 heavy (non-hydrogen) atoms. The van der Waals surface area contributed by atoms with Gasteiger partial charge in [0.15, 0.2) is 11.5 Å². The molecule has 0 amide bonds. The first-order valence-corrected chi connectivity index (χ1v) is 8.22. The lowest BCUT2D eigenvalue weighted by Gasteiger charge is -2.27. The normalized spacial score (nSPS) is 12.5. The van der Waals surface area contributed by atoms with E-state index >= 15 is 0 Å². The Morgan fingerprint density at radius 1 is 1.17 bits per heavy atom. The molecular weight excluding hydrogens is 290 g/mol. The lowest BCUT2D eigenvalue weighted by molar-refractivity contribution is 0.0956. The molecule has 4 nitrogen and oxygen atoms in total. The standard InChI is InChI=1S/C19H31NO3/c1-6-7-8-17(21)14-20(12-15(2)3)13-16-9-10-18(22-4)19(11-16)23-5/h6,9-11,15,17,21H,1,7-8,12-14H2,2-5H3/t17-/m1/s1. The van der Waals surface area contributed by atoms with Crippen molar-refractivity contribution in [3.63, 3.8) is 0 Å². The van der Waals surface area contributed by atoms with Gasteiger partial charge >= 0.3 is 0 Å². The van der Waals surface area contributed by atoms with Crippen molar-refractivity contribution < 1.29 is 14.6 Å². The van der Waals surface area contributed by atoms with E-state index in [1.165, 1.54) is 0 Å². The maximum Gasteiger partial charge on any atom is 0.161 e. The number of nitrogens with zero attached hydrogens (tertiary/aromatic N) is 1. The highest BCUT2D eigenvalue weighted by Gasteiger charge is 2.14. The lowest BCUT2D eigenvalue weighted by atomic mass is 10.1. The Morgan fingerprint density at radius 2 is 1.87 bits per heavy atom. The zero-order chi connectivity index (χ0) is 17.2. The van der Waals surface area contributed by atoms with Crippen LogP contribution >= 0.6 is 0 Å². The monoisotopic (exact) mass is 321 g/mol. The summed E-state index contributed by atoms with van der Waals surface area (Å²) in [6, 6.07) is 5.98. The van der Waals surface area contributed by atoms with Crippen molar-refractivity contribution >= 4 is 0 Å². The highest BCUT2D eigenvalue weighted by atomic mass is 16.5. The molecule has 0 fully saturated rings. The number of ether oxygens (including phenoxy) is 2. The van der Waals surface area contributed by atoms with Gasteiger partial charge in [0.25, 0.3) is 0 Å². The Morgan fingerprint density at radius 3 is 2.43 bits per heavy atom. The molecule has 0 heterocycles. The van der Waals surface area contributed by atoms with Crippen LogP contribution in [0.25, 0.3) is 0 Å². The molecule has 0 saturated carbocycles. The van der Waals surface area contributed by atoms with Crippen molar-refractivity contribution in [1.29, 1.82) is 0 Å². The molecule has 4 heteroatoms. The molecule has 0 aliphatic rings. The summed E-state index contributed by atoms with van der Waals surface area (Å²) in [6.07, 6.45) is 3.12. The van der Waals surface area contributed by atoms with Gasteiger partial charge in [-0.25, -0.2) is 0 Å². The largest absolute Gasteiger partial charge is 0.493 e. The summed E-state index contributed by atoms with van der Waals surface area (Å²) in [5.41, 5.74) is 1.15. The first-order chi connectivity index (χ1) is 11.0. The van der Waals surface area contributed by atoms with Crippen molar-refractivity contribution in [3.05, 3.63) is 36.4 Å². The molecule has 0 saturated heterocycles. The van der Waals surface area contributed by atoms with Crippen molar-refractivity contribution in [1.82, 2.24) is 4.90 Å². The number of aliphatic hydroxyl groups is 1. The fraction of sp³-hybridized carbons (Fsp3) is 0.579. The number of allylic oxidation sites excluding steroid dienone is 1. The van der Waals surface area contributed by atoms with Crippen LogP contribution in [0.5, 0.6) is 11.5 Å². The zero-order valence-electron chi connectivity index (χ0n) is 14.9. The fourth-order valence-electron chi connectivity index (χ4n) is 2.66. The molecule has 0 aromatic heterocycles. The fourth-order valence-corrected chi connectivity index (χ4v) is 2.66. The van der Waals surface area contributed by atoms with Gasteiger partial charge in [-0.1, -0.05) is 26.0 Å². The van der Waals surface area contributed by atoms with Crippen molar-refractivity contribution in [3.8, 4) is 11.5 Å². The van der Waals surface area contributed by atoms with Gasteiger partial charge in [0.05, 0.1) is 20.3 Å². The summed E-state index contributed by atoms with van der Waals surface area (Å²) in [5, 5.41) is 10.2. The van der Waals surface area contributed by atoms with E-state index in [9.17, 15) is 5.11 Å². The van der Waals surface area contributed by atoms with Gasteiger partial charge in [0, 0.05) is 19.6 Å². The van der Waals surface area contributed by atoms with Crippen LogP contribution in [0.2, 0.25) is 0 Å². The molecule has 1 aromatic carbocycles. The molecule has 1 aromatic rings. The van der Waals surface area contributed by atoms with Crippen molar-refractivity contribution in [2.45, 2.75) is 39.3 Å². The van der Waals surface area contributed by atoms with Crippen LogP contribution in [0.15, 0.2) is 30.9 Å². The van der Waals surface area contributed by atoms with E-state index in [2.05, 4.69) is 25.3 Å². The second-order valence-electron chi connectivity index (χ2n) is 6.30. The number of benzene rings is 1. The molecule has 0 spiro atoms. The number of hydrogen-bond acceptors (Lipinski definition) is 4. The molecule has 0 bridgehead atoms. The van der Waals surface area contributed by atoms with E-state index in [-0.39, 0.29) is 6.10 Å². The Hall–Kier alpha value is -1.52. The minimum Gasteiger partial charge on any atom is -0.493 e. The van der Waals surface area contributed by atoms with Crippen LogP contribution in [-0.4, -0.2) is 43.4 Å². The molecule has 1 N–H and O–H groups in total. The molecule has 1 atom stereocenters. The van der Waals surface area contributed by atoms with Crippen LogP contribution in [0, 0.1) is 5.92 Å². The van der Waals surface area contributed by atoms with Gasteiger partial charge in [-0.2, -0.15) is 0 Å². The molecule has 130 valence electrons. The van der Waals surface area contributed by atoms with Gasteiger partial charge in [-0.15, -0.1) is 6.58 Å². The minimum absolute atomic E-state index is 0.327. The summed E-state index contributed by atoms with van der Waals surface area (Å²) >= 11 is 0. The molecular formula is C19H31NO3. The third-order valence-corrected chi connectivity index (χ3v) is 3.65. The second-order valence-corrected chi connectivity index (χ2v) is 6.30. The van der Waals surface area contributed by atoms with E-state index in [0.717, 1.165) is 43.0 Å². The van der Waals surface area contributed by atoms with E-state index in [0.29, 0.717) is 12.5 Å². The summed E-state index contributed by atoms with van der Waals surface area (Å²) < 4.78 is 10.7. The highest BCUT2D eigenvalue weighted by Crippen LogP contribution is 2.28. The summed E-state index contributed by atoms with van der Waals surface area (Å²) in [6.45, 7) is 10.5. The summed E-state index contributed by atoms with van der Waals surface area (Å²) in [7, 11) is 3.28. The van der Waals surface area contributed by atoms with E-state index < -0.39 is 0 Å². The van der Waals surface area contributed by atoms with Gasteiger partial charge in [0.1, 0.15) is 0 Å². The Kier molecular flexibility index (Phi) is 8.74. The minimum atomic E-state index is -0.327. The van der Waals surface area contributed by atoms with E-state index in [4.69, 9.17) is 9.47 Å². The first kappa shape index (κ1) is 19.5. The van der Waals surface area contributed by atoms with E-state index in [1.54, 1.807) is 14.2 Å². The molecule has 0 aliphatic heterocycles. The van der Waals surface area contributed by atoms with Crippen LogP contribution in [0.1, 0.15) is 32.3 Å². The van der Waals surface area contributed by atoms with Gasteiger partial charge in [-0.3, -0.25) is 4.90 Å². The van der Waals surface area contributed by atoms with Crippen LogP contribution in [0.3, 0.4) is 0 Å². The average molecular weight is 321 g/mol. The summed E-state index contributed by atoms with van der Waals surface area (Å²) in [5.74, 6) is 2.01. The topological polar surface area (TPSA) is 41.9 Å². The smallest absolute Gasteiger partial charge is 0.161 e. The SMILES string of the molecule is C=CCC[C@@H](O)CN(Cc1ccc(OC)c(OC)c1)CC(C)C. The Bertz CT molecular complexity index is 474. The highest BCUT2D eigenvalue weighted by molar-refractivity contribution is 5.42. The first-order valence-electron chi connectivity index (χ1n) is 8.22. The van der Waals surface area contributed by atoms with Gasteiger partial charge < -0.3 is 14.6 Å². The maximum atomic E-state index is 10.2. The van der Waals surface area contributed by atoms with E-state index in [1.807, 2.05) is 24.3 Å². The third kappa shape index (κ3) is 7.06. The third-order valence-electron chi connectivity index (χ3n) is 3.65. The van der Waals surface area contributed by atoms with Crippen molar-refractivity contribution in [2.75, 3.05) is 27.3 Å². The average Bonchev–Trinajstić information content (AvgIpc) is 2.52. The zero-order valence-corrected chi connectivity index (χ0v) is 14.9. The van der Waals surface area contributed by atoms with Crippen LogP contribution < -0.4 is 9.47 Å². The van der Waals surface area contributed by atoms with Gasteiger partial charge in [0.2, 0.25) is 0 Å². The predicted molar refractivity (Wildman–Crippen MR) is 95.1 cm³/mol. The number of hydrogen-bond donors (Lipinski definition) is 1. The van der Waals surface area contributed by atoms with Crippen LogP contribution in [-0.2, 0) is 6.54 Å². The molecule has 0 unspecified atom stereocenters. The predicted octanol–water partition coefficient (Wildman–Crippen LogP) is 3.49. The quantitative estimate of drug-likeness (QED) is 0.634. The number of aliphatic hydroxyl groups excluding tert-OH is 1. The summed E-state index contributed by atoms with van der Waals surface area (Å²) in [4.78, 5) is 2.29. The van der Waals surface area contributed by atoms with Gasteiger partial charge in [-0.05, 0) is 36.5 Å². The second kappa shape index (κ2) is 10.3. The Balaban J connectivity index is 2.77. The Labute approximate surface area is 140 Å². The molecule has 1 rings (SSSR count). The molecule has 0 aliphatic carbocycles.